The van der Waals surface area contributed by atoms with Crippen molar-refractivity contribution >= 4 is 33.0 Å². The van der Waals surface area contributed by atoms with E-state index in [9.17, 15) is 4.79 Å². The van der Waals surface area contributed by atoms with Crippen LogP contribution in [0.15, 0.2) is 40.2 Å². The predicted octanol–water partition coefficient (Wildman–Crippen LogP) is 4.50. The van der Waals surface area contributed by atoms with Crippen LogP contribution in [0.4, 0.5) is 0 Å². The molecule has 1 aromatic heterocycles. The second-order valence-electron chi connectivity index (χ2n) is 3.85. The second-order valence-corrected chi connectivity index (χ2v) is 5.69. The van der Waals surface area contributed by atoms with Gasteiger partial charge in [0.2, 0.25) is 0 Å². The van der Waals surface area contributed by atoms with E-state index >= 15 is 0 Å². The second kappa shape index (κ2) is 5.61. The Balaban J connectivity index is 2.14. The Morgan fingerprint density at radius 3 is 2.59 bits per heavy atom. The number of carbonyl (C=O) groups excluding carboxylic acids is 1. The van der Waals surface area contributed by atoms with Gasteiger partial charge < -0.3 is 0 Å². The molecule has 2 rings (SSSR count). The first-order valence-corrected chi connectivity index (χ1v) is 7.22. The minimum absolute atomic E-state index is 0.221. The molecule has 0 bridgehead atoms. The number of thiophene rings is 1. The zero-order chi connectivity index (χ0) is 12.3. The minimum Gasteiger partial charge on any atom is -0.293 e. The number of aryl methyl sites for hydroxylation is 1. The summed E-state index contributed by atoms with van der Waals surface area (Å²) in [5.41, 5.74) is 2.23. The van der Waals surface area contributed by atoms with Crippen molar-refractivity contribution in [2.24, 2.45) is 0 Å². The summed E-state index contributed by atoms with van der Waals surface area (Å²) in [6.07, 6.45) is 1.41. The SMILES string of the molecule is CCc1ccsc1C(=O)Cc1ccc(Br)cc1. The van der Waals surface area contributed by atoms with Crippen molar-refractivity contribution in [3.05, 3.63) is 56.2 Å². The quantitative estimate of drug-likeness (QED) is 0.760. The van der Waals surface area contributed by atoms with Crippen LogP contribution in [0.3, 0.4) is 0 Å². The van der Waals surface area contributed by atoms with Gasteiger partial charge in [-0.25, -0.2) is 0 Å². The minimum atomic E-state index is 0.221. The Labute approximate surface area is 114 Å². The highest BCUT2D eigenvalue weighted by Crippen LogP contribution is 2.20. The van der Waals surface area contributed by atoms with Gasteiger partial charge in [0.15, 0.2) is 5.78 Å². The van der Waals surface area contributed by atoms with Gasteiger partial charge in [-0.2, -0.15) is 0 Å². The first kappa shape index (κ1) is 12.5. The third kappa shape index (κ3) is 3.05. The van der Waals surface area contributed by atoms with Crippen molar-refractivity contribution in [3.63, 3.8) is 0 Å². The zero-order valence-corrected chi connectivity index (χ0v) is 12.0. The van der Waals surface area contributed by atoms with Crippen LogP contribution in [-0.4, -0.2) is 5.78 Å². The highest BCUT2D eigenvalue weighted by atomic mass is 79.9. The van der Waals surface area contributed by atoms with Crippen LogP contribution in [0.5, 0.6) is 0 Å². The van der Waals surface area contributed by atoms with Crippen LogP contribution in [0.2, 0.25) is 0 Å². The van der Waals surface area contributed by atoms with Gasteiger partial charge in [0.25, 0.3) is 0 Å². The lowest BCUT2D eigenvalue weighted by molar-refractivity contribution is 0.0996. The van der Waals surface area contributed by atoms with Crippen molar-refractivity contribution in [2.45, 2.75) is 19.8 Å². The van der Waals surface area contributed by atoms with Gasteiger partial charge >= 0.3 is 0 Å². The van der Waals surface area contributed by atoms with Gasteiger partial charge in [-0.15, -0.1) is 11.3 Å². The van der Waals surface area contributed by atoms with Crippen molar-refractivity contribution < 1.29 is 4.79 Å². The van der Waals surface area contributed by atoms with Crippen LogP contribution in [0.25, 0.3) is 0 Å². The van der Waals surface area contributed by atoms with Crippen molar-refractivity contribution in [2.75, 3.05) is 0 Å². The number of benzene rings is 1. The molecule has 0 unspecified atom stereocenters. The largest absolute Gasteiger partial charge is 0.293 e. The molecule has 3 heteroatoms. The number of hydrogen-bond acceptors (Lipinski definition) is 2. The maximum atomic E-state index is 12.1. The summed E-state index contributed by atoms with van der Waals surface area (Å²) >= 11 is 4.94. The van der Waals surface area contributed by atoms with Crippen molar-refractivity contribution in [1.82, 2.24) is 0 Å². The predicted molar refractivity (Wildman–Crippen MR) is 75.9 cm³/mol. The number of carbonyl (C=O) groups is 1. The number of rotatable bonds is 4. The molecule has 0 saturated heterocycles. The fraction of sp³-hybridized carbons (Fsp3) is 0.214. The molecule has 0 saturated carbocycles. The lowest BCUT2D eigenvalue weighted by atomic mass is 10.1. The number of Topliss-reactive ketones (excluding diaryl/α,β-unsaturated/α-hetero) is 1. The molecule has 0 fully saturated rings. The van der Waals surface area contributed by atoms with E-state index in [1.54, 1.807) is 11.3 Å². The first-order valence-electron chi connectivity index (χ1n) is 5.54. The molecule has 0 atom stereocenters. The van der Waals surface area contributed by atoms with Crippen LogP contribution in [-0.2, 0) is 12.8 Å². The standard InChI is InChI=1S/C14H13BrOS/c1-2-11-7-8-17-14(11)13(16)9-10-3-5-12(15)6-4-10/h3-8H,2,9H2,1H3. The van der Waals surface area contributed by atoms with E-state index in [1.807, 2.05) is 35.7 Å². The summed E-state index contributed by atoms with van der Waals surface area (Å²) in [4.78, 5) is 13.1. The maximum absolute atomic E-state index is 12.1. The average Bonchev–Trinajstić information content (AvgIpc) is 2.80. The summed E-state index contributed by atoms with van der Waals surface area (Å²) < 4.78 is 1.04. The van der Waals surface area contributed by atoms with Crippen LogP contribution in [0, 0.1) is 0 Å². The molecule has 0 aliphatic carbocycles. The van der Waals surface area contributed by atoms with Gasteiger partial charge in [0, 0.05) is 10.9 Å². The monoisotopic (exact) mass is 308 g/mol. The lowest BCUT2D eigenvalue weighted by Gasteiger charge is -2.02. The Hall–Kier alpha value is -0.930. The fourth-order valence-electron chi connectivity index (χ4n) is 1.73. The van der Waals surface area contributed by atoms with E-state index < -0.39 is 0 Å². The molecule has 1 aromatic carbocycles. The van der Waals surface area contributed by atoms with Gasteiger partial charge in [-0.1, -0.05) is 35.0 Å². The van der Waals surface area contributed by atoms with Crippen LogP contribution < -0.4 is 0 Å². The molecule has 88 valence electrons. The Kier molecular flexibility index (Phi) is 4.13. The molecule has 0 spiro atoms. The van der Waals surface area contributed by atoms with Crippen molar-refractivity contribution in [1.29, 1.82) is 0 Å². The van der Waals surface area contributed by atoms with Crippen LogP contribution in [0.1, 0.15) is 27.7 Å². The molecule has 0 radical (unpaired) electrons. The lowest BCUT2D eigenvalue weighted by Crippen LogP contribution is -2.03. The highest BCUT2D eigenvalue weighted by molar-refractivity contribution is 9.10. The summed E-state index contributed by atoms with van der Waals surface area (Å²) in [5.74, 6) is 0.221. The van der Waals surface area contributed by atoms with E-state index in [2.05, 4.69) is 22.9 Å². The van der Waals surface area contributed by atoms with Crippen molar-refractivity contribution in [3.8, 4) is 0 Å². The summed E-state index contributed by atoms with van der Waals surface area (Å²) in [5, 5.41) is 1.99. The maximum Gasteiger partial charge on any atom is 0.177 e. The van der Waals surface area contributed by atoms with E-state index in [0.717, 1.165) is 26.9 Å². The molecule has 0 aliphatic rings. The fourth-order valence-corrected chi connectivity index (χ4v) is 2.93. The third-order valence-corrected chi connectivity index (χ3v) is 4.19. The van der Waals surface area contributed by atoms with Gasteiger partial charge in [0.05, 0.1) is 4.88 Å². The molecule has 1 heterocycles. The topological polar surface area (TPSA) is 17.1 Å². The molecule has 0 N–H and O–H groups in total. The first-order chi connectivity index (χ1) is 8.20. The molecule has 17 heavy (non-hydrogen) atoms. The smallest absolute Gasteiger partial charge is 0.177 e. The summed E-state index contributed by atoms with van der Waals surface area (Å²) in [6, 6.07) is 9.96. The molecular formula is C14H13BrOS. The Morgan fingerprint density at radius 1 is 1.24 bits per heavy atom. The van der Waals surface area contributed by atoms with E-state index in [1.165, 1.54) is 0 Å². The Morgan fingerprint density at radius 2 is 1.94 bits per heavy atom. The number of hydrogen-bond donors (Lipinski definition) is 0. The molecule has 1 nitrogen and oxygen atoms in total. The third-order valence-electron chi connectivity index (χ3n) is 2.66. The molecule has 0 aliphatic heterocycles. The normalized spacial score (nSPS) is 10.5. The van der Waals surface area contributed by atoms with Gasteiger partial charge in [-0.3, -0.25) is 4.79 Å². The summed E-state index contributed by atoms with van der Waals surface area (Å²) in [7, 11) is 0. The van der Waals surface area contributed by atoms with Gasteiger partial charge in [0.1, 0.15) is 0 Å². The number of halogens is 1. The van der Waals surface area contributed by atoms with E-state index in [4.69, 9.17) is 0 Å². The van der Waals surface area contributed by atoms with Crippen LogP contribution >= 0.6 is 27.3 Å². The molecule has 2 aromatic rings. The van der Waals surface area contributed by atoms with E-state index in [0.29, 0.717) is 6.42 Å². The molecule has 0 amide bonds. The van der Waals surface area contributed by atoms with Gasteiger partial charge in [-0.05, 0) is 41.1 Å². The van der Waals surface area contributed by atoms with E-state index in [-0.39, 0.29) is 5.78 Å². The number of ketones is 1. The summed E-state index contributed by atoms with van der Waals surface area (Å²) in [6.45, 7) is 2.08. The average molecular weight is 309 g/mol. The zero-order valence-electron chi connectivity index (χ0n) is 9.57. The molecular weight excluding hydrogens is 296 g/mol. The Bertz CT molecular complexity index is 513. The highest BCUT2D eigenvalue weighted by Gasteiger charge is 2.12.